The fraction of sp³-hybridized carbons (Fsp3) is 0.227. The van der Waals surface area contributed by atoms with Crippen LogP contribution in [-0.2, 0) is 6.61 Å². The molecule has 0 fully saturated rings. The van der Waals surface area contributed by atoms with Gasteiger partial charge in [-0.2, -0.15) is 0 Å². The number of carbonyl (C=O) groups excluding carboxylic acids is 1. The van der Waals surface area contributed by atoms with Gasteiger partial charge >= 0.3 is 0 Å². The number of hydrogen-bond donors (Lipinski definition) is 0. The number of fused-ring (bicyclic) bond motifs is 1. The molecule has 0 aromatic heterocycles. The maximum absolute atomic E-state index is 11.7. The van der Waals surface area contributed by atoms with Crippen LogP contribution in [0.1, 0.15) is 41.3 Å². The summed E-state index contributed by atoms with van der Waals surface area (Å²) in [7, 11) is 1.60. The van der Waals surface area contributed by atoms with Crippen LogP contribution in [0.2, 0.25) is 0 Å². The van der Waals surface area contributed by atoms with Crippen LogP contribution in [0.3, 0.4) is 0 Å². The molecule has 128 valence electrons. The molecule has 0 aliphatic rings. The van der Waals surface area contributed by atoms with Gasteiger partial charge < -0.3 is 9.47 Å². The maximum atomic E-state index is 11.7. The second-order valence-electron chi connectivity index (χ2n) is 6.34. The van der Waals surface area contributed by atoms with Crippen molar-refractivity contribution < 1.29 is 14.3 Å². The number of rotatable bonds is 6. The van der Waals surface area contributed by atoms with Gasteiger partial charge in [0.25, 0.3) is 0 Å². The second kappa shape index (κ2) is 7.39. The third-order valence-corrected chi connectivity index (χ3v) is 4.39. The normalized spacial score (nSPS) is 10.9. The van der Waals surface area contributed by atoms with Crippen molar-refractivity contribution in [2.75, 3.05) is 7.11 Å². The lowest BCUT2D eigenvalue weighted by atomic mass is 10.0. The third kappa shape index (κ3) is 3.50. The SMILES string of the molecule is COc1cccc2ccc(OCc3ccc(C(C)C)cc3)c(C=O)c12. The van der Waals surface area contributed by atoms with Crippen molar-refractivity contribution in [3.05, 3.63) is 71.3 Å². The molecular weight excluding hydrogens is 312 g/mol. The minimum absolute atomic E-state index is 0.417. The topological polar surface area (TPSA) is 35.5 Å². The van der Waals surface area contributed by atoms with Crippen LogP contribution < -0.4 is 9.47 Å². The molecule has 0 unspecified atom stereocenters. The average Bonchev–Trinajstić information content (AvgIpc) is 2.65. The van der Waals surface area contributed by atoms with Crippen LogP contribution in [0.4, 0.5) is 0 Å². The van der Waals surface area contributed by atoms with E-state index < -0.39 is 0 Å². The summed E-state index contributed by atoms with van der Waals surface area (Å²) in [6.07, 6.45) is 0.835. The molecule has 0 aliphatic heterocycles. The molecule has 0 spiro atoms. The molecule has 0 bridgehead atoms. The number of ether oxygens (including phenoxy) is 2. The van der Waals surface area contributed by atoms with Crippen LogP contribution in [0.25, 0.3) is 10.8 Å². The molecule has 3 nitrogen and oxygen atoms in total. The van der Waals surface area contributed by atoms with Crippen LogP contribution in [0, 0.1) is 0 Å². The minimum Gasteiger partial charge on any atom is -0.496 e. The molecule has 3 heteroatoms. The summed E-state index contributed by atoms with van der Waals surface area (Å²) in [6.45, 7) is 4.76. The molecule has 3 aromatic rings. The first-order valence-electron chi connectivity index (χ1n) is 8.40. The Morgan fingerprint density at radius 2 is 1.72 bits per heavy atom. The van der Waals surface area contributed by atoms with Gasteiger partial charge in [0.05, 0.1) is 12.7 Å². The standard InChI is InChI=1S/C22H22O3/c1-15(2)17-9-7-16(8-10-17)14-25-20-12-11-18-5-4-6-21(24-3)22(18)19(20)13-23/h4-13,15H,14H2,1-3H3. The van der Waals surface area contributed by atoms with Gasteiger partial charge in [-0.3, -0.25) is 4.79 Å². The van der Waals surface area contributed by atoms with Gasteiger partial charge in [-0.05, 0) is 34.6 Å². The Morgan fingerprint density at radius 3 is 2.36 bits per heavy atom. The summed E-state index contributed by atoms with van der Waals surface area (Å²) in [6, 6.07) is 17.9. The molecule has 3 rings (SSSR count). The zero-order valence-corrected chi connectivity index (χ0v) is 14.8. The lowest BCUT2D eigenvalue weighted by Gasteiger charge is -2.13. The van der Waals surface area contributed by atoms with Gasteiger partial charge in [0.1, 0.15) is 18.1 Å². The summed E-state index contributed by atoms with van der Waals surface area (Å²) in [5, 5.41) is 1.74. The Morgan fingerprint density at radius 1 is 0.960 bits per heavy atom. The number of aldehydes is 1. The first-order valence-corrected chi connectivity index (χ1v) is 8.40. The van der Waals surface area contributed by atoms with Crippen LogP contribution in [-0.4, -0.2) is 13.4 Å². The van der Waals surface area contributed by atoms with E-state index in [-0.39, 0.29) is 0 Å². The van der Waals surface area contributed by atoms with E-state index in [0.29, 0.717) is 29.6 Å². The molecule has 0 saturated carbocycles. The zero-order chi connectivity index (χ0) is 17.8. The first-order chi connectivity index (χ1) is 12.1. The van der Waals surface area contributed by atoms with Crippen molar-refractivity contribution in [2.45, 2.75) is 26.4 Å². The molecule has 0 N–H and O–H groups in total. The highest BCUT2D eigenvalue weighted by molar-refractivity contribution is 6.04. The lowest BCUT2D eigenvalue weighted by Crippen LogP contribution is -2.00. The monoisotopic (exact) mass is 334 g/mol. The van der Waals surface area contributed by atoms with E-state index >= 15 is 0 Å². The smallest absolute Gasteiger partial charge is 0.154 e. The highest BCUT2D eigenvalue weighted by Crippen LogP contribution is 2.33. The van der Waals surface area contributed by atoms with Crippen LogP contribution >= 0.6 is 0 Å². The number of methoxy groups -OCH3 is 1. The largest absolute Gasteiger partial charge is 0.496 e. The number of carbonyl (C=O) groups is 1. The summed E-state index contributed by atoms with van der Waals surface area (Å²) in [5.74, 6) is 1.75. The summed E-state index contributed by atoms with van der Waals surface area (Å²) >= 11 is 0. The van der Waals surface area contributed by atoms with Crippen molar-refractivity contribution in [3.8, 4) is 11.5 Å². The molecule has 0 aliphatic carbocycles. The van der Waals surface area contributed by atoms with Crippen LogP contribution in [0.15, 0.2) is 54.6 Å². The number of benzene rings is 3. The van der Waals surface area contributed by atoms with E-state index in [1.807, 2.05) is 30.3 Å². The Balaban J connectivity index is 1.89. The highest BCUT2D eigenvalue weighted by Gasteiger charge is 2.12. The van der Waals surface area contributed by atoms with E-state index in [2.05, 4.69) is 38.1 Å². The minimum atomic E-state index is 0.417. The predicted octanol–water partition coefficient (Wildman–Crippen LogP) is 5.36. The second-order valence-corrected chi connectivity index (χ2v) is 6.34. The Bertz CT molecular complexity index is 880. The molecule has 3 aromatic carbocycles. The van der Waals surface area contributed by atoms with Gasteiger partial charge in [-0.25, -0.2) is 0 Å². The first kappa shape index (κ1) is 17.0. The van der Waals surface area contributed by atoms with Gasteiger partial charge in [0.15, 0.2) is 6.29 Å². The number of hydrogen-bond acceptors (Lipinski definition) is 3. The average molecular weight is 334 g/mol. The van der Waals surface area contributed by atoms with Crippen molar-refractivity contribution in [2.24, 2.45) is 0 Å². The van der Waals surface area contributed by atoms with Crippen molar-refractivity contribution in [1.82, 2.24) is 0 Å². The van der Waals surface area contributed by atoms with Crippen molar-refractivity contribution in [3.63, 3.8) is 0 Å². The summed E-state index contributed by atoms with van der Waals surface area (Å²) in [5.41, 5.74) is 2.89. The Hall–Kier alpha value is -2.81. The quantitative estimate of drug-likeness (QED) is 0.569. The molecule has 0 amide bonds. The summed E-state index contributed by atoms with van der Waals surface area (Å²) < 4.78 is 11.3. The van der Waals surface area contributed by atoms with Crippen molar-refractivity contribution >= 4 is 17.1 Å². The fourth-order valence-corrected chi connectivity index (χ4v) is 2.93. The molecule has 0 atom stereocenters. The molecule has 0 saturated heterocycles. The molecule has 0 heterocycles. The van der Waals surface area contributed by atoms with Gasteiger partial charge in [0, 0.05) is 5.39 Å². The van der Waals surface area contributed by atoms with Crippen LogP contribution in [0.5, 0.6) is 11.5 Å². The predicted molar refractivity (Wildman–Crippen MR) is 101 cm³/mol. The van der Waals surface area contributed by atoms with Gasteiger partial charge in [-0.1, -0.05) is 56.3 Å². The molecular formula is C22H22O3. The van der Waals surface area contributed by atoms with E-state index in [9.17, 15) is 4.79 Å². The van der Waals surface area contributed by atoms with E-state index in [0.717, 1.165) is 22.6 Å². The Kier molecular flexibility index (Phi) is 5.03. The van der Waals surface area contributed by atoms with E-state index in [1.54, 1.807) is 7.11 Å². The highest BCUT2D eigenvalue weighted by atomic mass is 16.5. The fourth-order valence-electron chi connectivity index (χ4n) is 2.93. The van der Waals surface area contributed by atoms with Gasteiger partial charge in [0.2, 0.25) is 0 Å². The Labute approximate surface area is 148 Å². The summed E-state index contributed by atoms with van der Waals surface area (Å²) in [4.78, 5) is 11.7. The molecule has 0 radical (unpaired) electrons. The maximum Gasteiger partial charge on any atom is 0.154 e. The lowest BCUT2D eigenvalue weighted by molar-refractivity contribution is 0.112. The molecule has 25 heavy (non-hydrogen) atoms. The van der Waals surface area contributed by atoms with Crippen molar-refractivity contribution in [1.29, 1.82) is 0 Å². The van der Waals surface area contributed by atoms with E-state index in [1.165, 1.54) is 5.56 Å². The van der Waals surface area contributed by atoms with Gasteiger partial charge in [-0.15, -0.1) is 0 Å². The zero-order valence-electron chi connectivity index (χ0n) is 14.8. The van der Waals surface area contributed by atoms with E-state index in [4.69, 9.17) is 9.47 Å². The third-order valence-electron chi connectivity index (χ3n) is 4.39.